The topological polar surface area (TPSA) is 63.5 Å². The van der Waals surface area contributed by atoms with Crippen LogP contribution in [0.5, 0.6) is 5.75 Å². The van der Waals surface area contributed by atoms with Crippen LogP contribution in [0.3, 0.4) is 0 Å². The van der Waals surface area contributed by atoms with E-state index in [9.17, 15) is 9.18 Å². The summed E-state index contributed by atoms with van der Waals surface area (Å²) >= 11 is 2.06. The van der Waals surface area contributed by atoms with Crippen LogP contribution in [0.1, 0.15) is 6.92 Å². The van der Waals surface area contributed by atoms with E-state index in [1.54, 1.807) is 24.1 Å². The third-order valence-electron chi connectivity index (χ3n) is 5.14. The van der Waals surface area contributed by atoms with Crippen molar-refractivity contribution < 1.29 is 13.9 Å². The molecule has 7 nitrogen and oxygen atoms in total. The van der Waals surface area contributed by atoms with Crippen LogP contribution in [-0.4, -0.2) is 58.4 Å². The third-order valence-corrected chi connectivity index (χ3v) is 5.98. The molecule has 29 heavy (non-hydrogen) atoms. The highest BCUT2D eigenvalue weighted by molar-refractivity contribution is 14.1. The van der Waals surface area contributed by atoms with Gasteiger partial charge in [0.2, 0.25) is 5.91 Å². The molecule has 0 spiro atoms. The Bertz CT molecular complexity index is 1020. The lowest BCUT2D eigenvalue weighted by atomic mass is 10.1. The Kier molecular flexibility index (Phi) is 5.57. The molecule has 0 radical (unpaired) electrons. The SMILES string of the molecule is COc1cc(N2CCN(C(=O)Cn3cc4cccnc4n3)[C@@H](C)C2)c(F)cc1I. The van der Waals surface area contributed by atoms with Gasteiger partial charge >= 0.3 is 0 Å². The second-order valence-corrected chi connectivity index (χ2v) is 8.23. The molecule has 1 aromatic carbocycles. The summed E-state index contributed by atoms with van der Waals surface area (Å²) in [6, 6.07) is 6.92. The van der Waals surface area contributed by atoms with E-state index in [1.807, 2.05) is 35.1 Å². The predicted molar refractivity (Wildman–Crippen MR) is 117 cm³/mol. The fraction of sp³-hybridized carbons (Fsp3) is 0.350. The van der Waals surface area contributed by atoms with E-state index in [-0.39, 0.29) is 24.3 Å². The summed E-state index contributed by atoms with van der Waals surface area (Å²) in [7, 11) is 1.58. The maximum Gasteiger partial charge on any atom is 0.244 e. The summed E-state index contributed by atoms with van der Waals surface area (Å²) in [5.41, 5.74) is 1.13. The van der Waals surface area contributed by atoms with Gasteiger partial charge in [0.15, 0.2) is 5.65 Å². The van der Waals surface area contributed by atoms with Crippen LogP contribution >= 0.6 is 22.6 Å². The van der Waals surface area contributed by atoms with Crippen LogP contribution in [0.2, 0.25) is 0 Å². The number of anilines is 1. The van der Waals surface area contributed by atoms with E-state index in [0.717, 1.165) is 8.96 Å². The zero-order valence-corrected chi connectivity index (χ0v) is 18.3. The van der Waals surface area contributed by atoms with Crippen molar-refractivity contribution in [3.8, 4) is 5.75 Å². The standard InChI is InChI=1S/C20H21FIN5O2/c1-13-10-25(17-9-18(29-2)16(22)8-15(17)21)6-7-27(13)19(28)12-26-11-14-4-3-5-23-20(14)24-26/h3-5,8-9,11,13H,6-7,10,12H2,1-2H3/t13-/m0/s1. The number of pyridine rings is 1. The number of piperazine rings is 1. The fourth-order valence-corrected chi connectivity index (χ4v) is 4.33. The van der Waals surface area contributed by atoms with Crippen LogP contribution in [-0.2, 0) is 11.3 Å². The summed E-state index contributed by atoms with van der Waals surface area (Å²) < 4.78 is 22.2. The number of nitrogens with zero attached hydrogens (tertiary/aromatic N) is 5. The first-order valence-corrected chi connectivity index (χ1v) is 10.4. The van der Waals surface area contributed by atoms with Gasteiger partial charge in [0.1, 0.15) is 18.1 Å². The molecule has 2 aromatic heterocycles. The molecule has 0 unspecified atom stereocenters. The van der Waals surface area contributed by atoms with Crippen LogP contribution in [0, 0.1) is 9.39 Å². The molecular formula is C20H21FIN5O2. The average molecular weight is 509 g/mol. The third kappa shape index (κ3) is 4.00. The highest BCUT2D eigenvalue weighted by Gasteiger charge is 2.29. The molecule has 0 bridgehead atoms. The maximum atomic E-state index is 14.5. The summed E-state index contributed by atoms with van der Waals surface area (Å²) in [6.07, 6.45) is 3.51. The fourth-order valence-electron chi connectivity index (χ4n) is 3.68. The number of hydrogen-bond acceptors (Lipinski definition) is 5. The number of halogens is 2. The second kappa shape index (κ2) is 8.13. The molecule has 1 atom stereocenters. The minimum atomic E-state index is -0.280. The van der Waals surface area contributed by atoms with Crippen LogP contribution in [0.4, 0.5) is 10.1 Å². The molecule has 1 aliphatic rings. The average Bonchev–Trinajstić information content (AvgIpc) is 3.10. The van der Waals surface area contributed by atoms with Crippen molar-refractivity contribution in [2.45, 2.75) is 19.5 Å². The normalized spacial score (nSPS) is 17.0. The minimum Gasteiger partial charge on any atom is -0.496 e. The quantitative estimate of drug-likeness (QED) is 0.507. The van der Waals surface area contributed by atoms with E-state index in [0.29, 0.717) is 36.7 Å². The molecule has 0 N–H and O–H groups in total. The van der Waals surface area contributed by atoms with E-state index < -0.39 is 0 Å². The van der Waals surface area contributed by atoms with Gasteiger partial charge < -0.3 is 14.5 Å². The van der Waals surface area contributed by atoms with Crippen molar-refractivity contribution in [1.82, 2.24) is 19.7 Å². The number of amides is 1. The molecule has 3 aromatic rings. The summed E-state index contributed by atoms with van der Waals surface area (Å²) in [6.45, 7) is 3.76. The number of rotatable bonds is 4. The van der Waals surface area contributed by atoms with Crippen molar-refractivity contribution in [1.29, 1.82) is 0 Å². The van der Waals surface area contributed by atoms with E-state index >= 15 is 0 Å². The highest BCUT2D eigenvalue weighted by Crippen LogP contribution is 2.31. The molecule has 9 heteroatoms. The molecule has 1 amide bonds. The van der Waals surface area contributed by atoms with Crippen LogP contribution in [0.15, 0.2) is 36.7 Å². The minimum absolute atomic E-state index is 0.00869. The first kappa shape index (κ1) is 19.9. The molecule has 1 aliphatic heterocycles. The number of carbonyl (C=O) groups is 1. The Labute approximate surface area is 181 Å². The number of ether oxygens (including phenoxy) is 1. The predicted octanol–water partition coefficient (Wildman–Crippen LogP) is 2.92. The van der Waals surface area contributed by atoms with E-state index in [2.05, 4.69) is 32.7 Å². The van der Waals surface area contributed by atoms with Gasteiger partial charge in [-0.05, 0) is 47.7 Å². The molecule has 1 saturated heterocycles. The van der Waals surface area contributed by atoms with Gasteiger partial charge in [-0.25, -0.2) is 9.37 Å². The first-order valence-electron chi connectivity index (χ1n) is 9.32. The molecule has 152 valence electrons. The van der Waals surface area contributed by atoms with E-state index in [1.165, 1.54) is 6.07 Å². The number of aromatic nitrogens is 3. The Morgan fingerprint density at radius 1 is 1.38 bits per heavy atom. The summed E-state index contributed by atoms with van der Waals surface area (Å²) in [5, 5.41) is 5.26. The Hall–Kier alpha value is -2.43. The maximum absolute atomic E-state index is 14.5. The Morgan fingerprint density at radius 2 is 2.21 bits per heavy atom. The molecule has 3 heterocycles. The van der Waals surface area contributed by atoms with Crippen molar-refractivity contribution in [2.24, 2.45) is 0 Å². The zero-order chi connectivity index (χ0) is 20.5. The lowest BCUT2D eigenvalue weighted by Gasteiger charge is -2.41. The van der Waals surface area contributed by atoms with Crippen molar-refractivity contribution >= 4 is 45.2 Å². The Balaban J connectivity index is 1.45. The van der Waals surface area contributed by atoms with Crippen LogP contribution < -0.4 is 9.64 Å². The van der Waals surface area contributed by atoms with Crippen molar-refractivity contribution in [3.05, 3.63) is 46.0 Å². The number of methoxy groups -OCH3 is 1. The van der Waals surface area contributed by atoms with Gasteiger partial charge in [-0.1, -0.05) is 0 Å². The molecular weight excluding hydrogens is 488 g/mol. The van der Waals surface area contributed by atoms with E-state index in [4.69, 9.17) is 4.74 Å². The number of fused-ring (bicyclic) bond motifs is 1. The molecule has 1 fully saturated rings. The lowest BCUT2D eigenvalue weighted by molar-refractivity contribution is -0.134. The van der Waals surface area contributed by atoms with Crippen molar-refractivity contribution in [2.75, 3.05) is 31.6 Å². The van der Waals surface area contributed by atoms with Gasteiger partial charge in [-0.2, -0.15) is 5.10 Å². The lowest BCUT2D eigenvalue weighted by Crippen LogP contribution is -2.55. The number of hydrogen-bond donors (Lipinski definition) is 0. The summed E-state index contributed by atoms with van der Waals surface area (Å²) in [4.78, 5) is 20.8. The molecule has 0 saturated carbocycles. The van der Waals surface area contributed by atoms with Gasteiger partial charge in [0.25, 0.3) is 0 Å². The van der Waals surface area contributed by atoms with Gasteiger partial charge in [-0.3, -0.25) is 9.48 Å². The monoisotopic (exact) mass is 509 g/mol. The largest absolute Gasteiger partial charge is 0.496 e. The van der Waals surface area contributed by atoms with Crippen LogP contribution in [0.25, 0.3) is 11.0 Å². The molecule has 4 rings (SSSR count). The Morgan fingerprint density at radius 3 is 2.93 bits per heavy atom. The highest BCUT2D eigenvalue weighted by atomic mass is 127. The number of carbonyl (C=O) groups excluding carboxylic acids is 1. The first-order chi connectivity index (χ1) is 14.0. The van der Waals surface area contributed by atoms with Gasteiger partial charge in [-0.15, -0.1) is 0 Å². The smallest absolute Gasteiger partial charge is 0.244 e. The molecule has 0 aliphatic carbocycles. The summed E-state index contributed by atoms with van der Waals surface area (Å²) in [5.74, 6) is 0.357. The van der Waals surface area contributed by atoms with Gasteiger partial charge in [0.05, 0.1) is 16.4 Å². The second-order valence-electron chi connectivity index (χ2n) is 7.06. The van der Waals surface area contributed by atoms with Crippen molar-refractivity contribution in [3.63, 3.8) is 0 Å². The zero-order valence-electron chi connectivity index (χ0n) is 16.2. The number of benzene rings is 1. The van der Waals surface area contributed by atoms with Gasteiger partial charge in [0, 0.05) is 49.5 Å².